The molecule has 1 fully saturated rings. The average Bonchev–Trinajstić information content (AvgIpc) is 3.34. The van der Waals surface area contributed by atoms with Crippen molar-refractivity contribution in [1.29, 1.82) is 0 Å². The Kier molecular flexibility index (Phi) is 9.31. The second-order valence-electron chi connectivity index (χ2n) is 5.37. The van der Waals surface area contributed by atoms with Crippen LogP contribution in [0.2, 0.25) is 5.02 Å². The molecule has 1 aromatic carbocycles. The minimum Gasteiger partial charge on any atom is -0.356 e. The second-order valence-corrected chi connectivity index (χ2v) is 5.81. The predicted molar refractivity (Wildman–Crippen MR) is 106 cm³/mol. The summed E-state index contributed by atoms with van der Waals surface area (Å²) in [6.45, 7) is 2.05. The number of carbonyl (C=O) groups is 1. The lowest BCUT2D eigenvalue weighted by molar-refractivity contribution is -0.122. The van der Waals surface area contributed by atoms with Crippen LogP contribution in [0.5, 0.6) is 0 Å². The van der Waals surface area contributed by atoms with Gasteiger partial charge < -0.3 is 16.0 Å². The molecule has 0 radical (unpaired) electrons. The number of nitrogens with zero attached hydrogens (tertiary/aromatic N) is 1. The molecule has 0 bridgehead atoms. The van der Waals surface area contributed by atoms with E-state index in [4.69, 9.17) is 11.6 Å². The van der Waals surface area contributed by atoms with Crippen molar-refractivity contribution in [3.63, 3.8) is 0 Å². The number of benzene rings is 1. The standard InChI is InChI=1S/C16H23ClN4O.HI/c1-18-16(21-10-9-19-15(22)13-5-6-13)20-8-7-12-3-2-4-14(17)11-12;/h2-4,11,13H,5-10H2,1H3,(H,19,22)(H2,18,20,21);1H. The van der Waals surface area contributed by atoms with Crippen LogP contribution in [0.4, 0.5) is 0 Å². The Labute approximate surface area is 159 Å². The van der Waals surface area contributed by atoms with Crippen LogP contribution in [0, 0.1) is 5.92 Å². The molecule has 5 nitrogen and oxygen atoms in total. The molecule has 1 amide bonds. The fourth-order valence-corrected chi connectivity index (χ4v) is 2.31. The molecule has 0 aliphatic heterocycles. The quantitative estimate of drug-likeness (QED) is 0.258. The summed E-state index contributed by atoms with van der Waals surface area (Å²) in [4.78, 5) is 15.6. The van der Waals surface area contributed by atoms with Crippen molar-refractivity contribution >= 4 is 47.4 Å². The first-order valence-electron chi connectivity index (χ1n) is 7.65. The van der Waals surface area contributed by atoms with E-state index in [2.05, 4.69) is 27.0 Å². The monoisotopic (exact) mass is 450 g/mol. The third kappa shape index (κ3) is 7.87. The summed E-state index contributed by atoms with van der Waals surface area (Å²) < 4.78 is 0. The van der Waals surface area contributed by atoms with Crippen LogP contribution in [-0.4, -0.2) is 38.5 Å². The van der Waals surface area contributed by atoms with E-state index in [1.807, 2.05) is 18.2 Å². The van der Waals surface area contributed by atoms with Gasteiger partial charge >= 0.3 is 0 Å². The predicted octanol–water partition coefficient (Wildman–Crippen LogP) is 2.19. The molecule has 7 heteroatoms. The van der Waals surface area contributed by atoms with Gasteiger partial charge in [0, 0.05) is 37.6 Å². The molecule has 0 saturated heterocycles. The summed E-state index contributed by atoms with van der Waals surface area (Å²) in [6.07, 6.45) is 2.94. The van der Waals surface area contributed by atoms with Gasteiger partial charge in [-0.05, 0) is 37.0 Å². The third-order valence-corrected chi connectivity index (χ3v) is 3.72. The summed E-state index contributed by atoms with van der Waals surface area (Å²) in [5.74, 6) is 1.17. The zero-order chi connectivity index (χ0) is 15.8. The van der Waals surface area contributed by atoms with E-state index in [0.29, 0.717) is 13.1 Å². The average molecular weight is 451 g/mol. The Bertz CT molecular complexity index is 535. The van der Waals surface area contributed by atoms with Gasteiger partial charge in [0.05, 0.1) is 0 Å². The topological polar surface area (TPSA) is 65.5 Å². The highest BCUT2D eigenvalue weighted by Crippen LogP contribution is 2.28. The summed E-state index contributed by atoms with van der Waals surface area (Å²) in [5, 5.41) is 10.1. The molecule has 23 heavy (non-hydrogen) atoms. The lowest BCUT2D eigenvalue weighted by Gasteiger charge is -2.12. The number of rotatable bonds is 7. The lowest BCUT2D eigenvalue weighted by atomic mass is 10.1. The highest BCUT2D eigenvalue weighted by Gasteiger charge is 2.28. The number of hydrogen-bond donors (Lipinski definition) is 3. The van der Waals surface area contributed by atoms with Crippen molar-refractivity contribution in [3.05, 3.63) is 34.9 Å². The van der Waals surface area contributed by atoms with Gasteiger partial charge in [-0.1, -0.05) is 23.7 Å². The van der Waals surface area contributed by atoms with Crippen molar-refractivity contribution in [3.8, 4) is 0 Å². The summed E-state index contributed by atoms with van der Waals surface area (Å²) in [6, 6.07) is 7.84. The molecule has 1 aliphatic carbocycles. The molecule has 1 aliphatic rings. The highest BCUT2D eigenvalue weighted by atomic mass is 127. The maximum absolute atomic E-state index is 11.5. The lowest BCUT2D eigenvalue weighted by Crippen LogP contribution is -2.42. The maximum atomic E-state index is 11.5. The third-order valence-electron chi connectivity index (χ3n) is 3.48. The molecule has 0 unspecified atom stereocenters. The molecular formula is C16H24ClIN4O. The maximum Gasteiger partial charge on any atom is 0.223 e. The van der Waals surface area contributed by atoms with E-state index >= 15 is 0 Å². The number of guanidine groups is 1. The van der Waals surface area contributed by atoms with Crippen molar-refractivity contribution in [2.75, 3.05) is 26.7 Å². The fraction of sp³-hybridized carbons (Fsp3) is 0.500. The Morgan fingerprint density at radius 1 is 1.22 bits per heavy atom. The van der Waals surface area contributed by atoms with Crippen molar-refractivity contribution < 1.29 is 4.79 Å². The Hall–Kier alpha value is -1.02. The van der Waals surface area contributed by atoms with Crippen LogP contribution in [0.15, 0.2) is 29.3 Å². The molecule has 0 atom stereocenters. The van der Waals surface area contributed by atoms with Gasteiger partial charge in [0.25, 0.3) is 0 Å². The van der Waals surface area contributed by atoms with Crippen LogP contribution in [0.25, 0.3) is 0 Å². The van der Waals surface area contributed by atoms with Crippen LogP contribution >= 0.6 is 35.6 Å². The largest absolute Gasteiger partial charge is 0.356 e. The number of hydrogen-bond acceptors (Lipinski definition) is 2. The SMILES string of the molecule is CN=C(NCCNC(=O)C1CC1)NCCc1cccc(Cl)c1.I. The first kappa shape index (κ1) is 20.0. The number of aliphatic imine (C=N–C) groups is 1. The number of amides is 1. The Morgan fingerprint density at radius 2 is 1.91 bits per heavy atom. The van der Waals surface area contributed by atoms with Crippen LogP contribution in [0.1, 0.15) is 18.4 Å². The van der Waals surface area contributed by atoms with Gasteiger partial charge in [-0.15, -0.1) is 24.0 Å². The van der Waals surface area contributed by atoms with E-state index in [1.165, 1.54) is 5.56 Å². The molecule has 3 N–H and O–H groups in total. The molecule has 1 saturated carbocycles. The zero-order valence-electron chi connectivity index (χ0n) is 13.3. The van der Waals surface area contributed by atoms with E-state index in [0.717, 1.165) is 36.8 Å². The van der Waals surface area contributed by atoms with Crippen molar-refractivity contribution in [2.45, 2.75) is 19.3 Å². The molecule has 0 aromatic heterocycles. The smallest absolute Gasteiger partial charge is 0.223 e. The Morgan fingerprint density at radius 3 is 2.57 bits per heavy atom. The Balaban J connectivity index is 0.00000264. The minimum atomic E-state index is 0. The van der Waals surface area contributed by atoms with Crippen LogP contribution < -0.4 is 16.0 Å². The highest BCUT2D eigenvalue weighted by molar-refractivity contribution is 14.0. The van der Waals surface area contributed by atoms with E-state index in [9.17, 15) is 4.79 Å². The molecular weight excluding hydrogens is 427 g/mol. The number of nitrogens with one attached hydrogen (secondary N) is 3. The summed E-state index contributed by atoms with van der Waals surface area (Å²) in [7, 11) is 1.73. The molecule has 2 rings (SSSR count). The van der Waals surface area contributed by atoms with Gasteiger partial charge in [0.1, 0.15) is 0 Å². The van der Waals surface area contributed by atoms with Crippen LogP contribution in [-0.2, 0) is 11.2 Å². The number of carbonyl (C=O) groups excluding carboxylic acids is 1. The van der Waals surface area contributed by atoms with Gasteiger partial charge in [-0.2, -0.15) is 0 Å². The second kappa shape index (κ2) is 10.7. The first-order valence-corrected chi connectivity index (χ1v) is 8.03. The molecule has 1 aromatic rings. The molecule has 128 valence electrons. The van der Waals surface area contributed by atoms with Crippen molar-refractivity contribution in [1.82, 2.24) is 16.0 Å². The van der Waals surface area contributed by atoms with Gasteiger partial charge in [-0.3, -0.25) is 9.79 Å². The fourth-order valence-electron chi connectivity index (χ4n) is 2.09. The van der Waals surface area contributed by atoms with E-state index in [1.54, 1.807) is 7.05 Å². The normalized spacial score (nSPS) is 13.9. The zero-order valence-corrected chi connectivity index (χ0v) is 16.4. The summed E-state index contributed by atoms with van der Waals surface area (Å²) >= 11 is 5.96. The number of halogens is 2. The van der Waals surface area contributed by atoms with Gasteiger partial charge in [0.15, 0.2) is 5.96 Å². The van der Waals surface area contributed by atoms with E-state index in [-0.39, 0.29) is 35.8 Å². The minimum absolute atomic E-state index is 0. The van der Waals surface area contributed by atoms with Gasteiger partial charge in [-0.25, -0.2) is 0 Å². The molecule has 0 heterocycles. The molecule has 0 spiro atoms. The van der Waals surface area contributed by atoms with Crippen molar-refractivity contribution in [2.24, 2.45) is 10.9 Å². The summed E-state index contributed by atoms with van der Waals surface area (Å²) in [5.41, 5.74) is 1.19. The van der Waals surface area contributed by atoms with Crippen LogP contribution in [0.3, 0.4) is 0 Å². The van der Waals surface area contributed by atoms with E-state index < -0.39 is 0 Å². The van der Waals surface area contributed by atoms with Gasteiger partial charge in [0.2, 0.25) is 5.91 Å². The first-order chi connectivity index (χ1) is 10.7.